The Morgan fingerprint density at radius 3 is 2.83 bits per heavy atom. The molecule has 218 valence electrons. The van der Waals surface area contributed by atoms with Crippen molar-refractivity contribution in [1.29, 1.82) is 0 Å². The van der Waals surface area contributed by atoms with Crippen molar-refractivity contribution >= 4 is 46.4 Å². The first-order valence-electron chi connectivity index (χ1n) is 13.6. The topological polar surface area (TPSA) is 111 Å². The molecule has 4 heterocycles. The van der Waals surface area contributed by atoms with E-state index < -0.39 is 23.9 Å². The maximum Gasteiger partial charge on any atom is 0.338 e. The van der Waals surface area contributed by atoms with E-state index in [4.69, 9.17) is 21.9 Å². The number of esters is 1. The number of ether oxygens (including phenoxy) is 1. The number of carboxylic acid groups (broad SMARTS) is 1. The molecule has 0 bridgehead atoms. The molecule has 2 aromatic rings. The largest absolute Gasteiger partial charge is 0.481 e. The smallest absolute Gasteiger partial charge is 0.338 e. The second-order valence-corrected chi connectivity index (χ2v) is 11.7. The Kier molecular flexibility index (Phi) is 8.66. The van der Waals surface area contributed by atoms with E-state index in [9.17, 15) is 19.1 Å². The van der Waals surface area contributed by atoms with E-state index in [1.165, 1.54) is 17.4 Å². The first-order chi connectivity index (χ1) is 19.7. The molecule has 10 nitrogen and oxygen atoms in total. The Morgan fingerprint density at radius 2 is 2.12 bits per heavy atom. The number of benzene rings is 1. The molecule has 3 atom stereocenters. The van der Waals surface area contributed by atoms with Gasteiger partial charge in [-0.3, -0.25) is 14.7 Å². The highest BCUT2D eigenvalue weighted by molar-refractivity contribution is 7.80. The van der Waals surface area contributed by atoms with Crippen molar-refractivity contribution in [3.8, 4) is 0 Å². The Labute approximate surface area is 247 Å². The van der Waals surface area contributed by atoms with Gasteiger partial charge in [0.1, 0.15) is 11.9 Å². The maximum atomic E-state index is 14.7. The third kappa shape index (κ3) is 5.97. The van der Waals surface area contributed by atoms with Crippen LogP contribution in [0.1, 0.15) is 36.0 Å². The lowest BCUT2D eigenvalue weighted by atomic mass is 9.92. The Balaban J connectivity index is 1.46. The van der Waals surface area contributed by atoms with Crippen LogP contribution in [0.15, 0.2) is 46.0 Å². The average molecular weight is 601 g/mol. The second-order valence-electron chi connectivity index (χ2n) is 10.4. The lowest BCUT2D eigenvalue weighted by Crippen LogP contribution is -2.53. The number of thiocarbonyl (C=S) groups is 1. The summed E-state index contributed by atoms with van der Waals surface area (Å²) in [6.45, 7) is 8.77. The van der Waals surface area contributed by atoms with E-state index in [0.29, 0.717) is 77.6 Å². The maximum absolute atomic E-state index is 14.7. The minimum Gasteiger partial charge on any atom is -0.481 e. The van der Waals surface area contributed by atoms with Crippen LogP contribution in [-0.2, 0) is 14.3 Å². The van der Waals surface area contributed by atoms with Crippen LogP contribution in [0.2, 0.25) is 0 Å². The number of aliphatic carboxylic acids is 1. The third-order valence-corrected chi connectivity index (χ3v) is 8.94. The quantitative estimate of drug-likeness (QED) is 0.329. The summed E-state index contributed by atoms with van der Waals surface area (Å²) in [5, 5.41) is 15.9. The fraction of sp³-hybridized carbons (Fsp3) is 0.464. The fourth-order valence-electron chi connectivity index (χ4n) is 5.53. The molecule has 3 aliphatic heterocycles. The van der Waals surface area contributed by atoms with Gasteiger partial charge in [-0.25, -0.2) is 14.2 Å². The van der Waals surface area contributed by atoms with E-state index >= 15 is 0 Å². The monoisotopic (exact) mass is 600 g/mol. The molecule has 0 aliphatic carbocycles. The first-order valence-corrected chi connectivity index (χ1v) is 14.9. The molecule has 3 aliphatic rings. The third-order valence-electron chi connectivity index (χ3n) is 7.67. The molecular formula is C28H33FN6O4S2. The zero-order valence-electron chi connectivity index (χ0n) is 23.2. The second kappa shape index (κ2) is 12.2. The number of hydrogen-bond acceptors (Lipinski definition) is 9. The number of nitrogens with zero attached hydrogens (tertiary/aromatic N) is 5. The number of aliphatic imine (C=N–C) groups is 1. The first kappa shape index (κ1) is 29.1. The van der Waals surface area contributed by atoms with Crippen LogP contribution in [0.25, 0.3) is 0 Å². The van der Waals surface area contributed by atoms with E-state index in [0.717, 1.165) is 0 Å². The zero-order chi connectivity index (χ0) is 29.3. The number of carbonyl (C=O) groups excluding carboxylic acids is 1. The van der Waals surface area contributed by atoms with Crippen LogP contribution in [-0.4, -0.2) is 99.6 Å². The van der Waals surface area contributed by atoms with Gasteiger partial charge in [0.15, 0.2) is 16.0 Å². The summed E-state index contributed by atoms with van der Waals surface area (Å²) in [7, 11) is 0. The molecule has 0 saturated carbocycles. The molecule has 41 heavy (non-hydrogen) atoms. The molecule has 5 rings (SSSR count). The van der Waals surface area contributed by atoms with E-state index in [1.807, 2.05) is 10.3 Å². The van der Waals surface area contributed by atoms with Gasteiger partial charge in [0, 0.05) is 56.5 Å². The summed E-state index contributed by atoms with van der Waals surface area (Å²) in [5.41, 5.74) is 2.01. The van der Waals surface area contributed by atoms with Crippen LogP contribution in [0.4, 0.5) is 4.39 Å². The number of rotatable bonds is 9. The SMILES string of the molecule is CCOC(=O)C1=C(CN2CCN3C(=S)N(CC(C)C(=O)O)CC3C2)NC(c2nccs2)=N[C@H]1c1cccc(F)c1C. The highest BCUT2D eigenvalue weighted by atomic mass is 32.1. The van der Waals surface area contributed by atoms with Gasteiger partial charge in [0.05, 0.1) is 24.1 Å². The number of nitrogens with one attached hydrogen (secondary N) is 1. The summed E-state index contributed by atoms with van der Waals surface area (Å²) in [4.78, 5) is 40.5. The van der Waals surface area contributed by atoms with E-state index in [1.54, 1.807) is 39.1 Å². The zero-order valence-corrected chi connectivity index (χ0v) is 24.8. The van der Waals surface area contributed by atoms with Crippen molar-refractivity contribution in [2.24, 2.45) is 10.9 Å². The van der Waals surface area contributed by atoms with Crippen molar-refractivity contribution in [1.82, 2.24) is 25.0 Å². The Hall–Kier alpha value is -3.42. The van der Waals surface area contributed by atoms with Gasteiger partial charge in [0.25, 0.3) is 0 Å². The molecule has 1 aromatic carbocycles. The van der Waals surface area contributed by atoms with Crippen LogP contribution in [0, 0.1) is 18.7 Å². The average Bonchev–Trinajstić information content (AvgIpc) is 3.58. The summed E-state index contributed by atoms with van der Waals surface area (Å²) < 4.78 is 20.2. The van der Waals surface area contributed by atoms with Crippen molar-refractivity contribution in [3.63, 3.8) is 0 Å². The van der Waals surface area contributed by atoms with E-state index in [2.05, 4.69) is 20.1 Å². The molecule has 13 heteroatoms. The molecule has 0 radical (unpaired) electrons. The summed E-state index contributed by atoms with van der Waals surface area (Å²) in [6.07, 6.45) is 1.69. The molecule has 2 fully saturated rings. The van der Waals surface area contributed by atoms with Gasteiger partial charge in [0.2, 0.25) is 0 Å². The normalized spacial score (nSPS) is 21.9. The number of amidine groups is 1. The number of thiazole rings is 1. The Bertz CT molecular complexity index is 1400. The highest BCUT2D eigenvalue weighted by Crippen LogP contribution is 2.35. The summed E-state index contributed by atoms with van der Waals surface area (Å²) >= 11 is 7.11. The number of aromatic nitrogens is 1. The predicted molar refractivity (Wildman–Crippen MR) is 157 cm³/mol. The fourth-order valence-corrected chi connectivity index (χ4v) is 6.51. The van der Waals surface area contributed by atoms with Gasteiger partial charge in [-0.05, 0) is 43.3 Å². The number of carbonyl (C=O) groups is 2. The predicted octanol–water partition coefficient (Wildman–Crippen LogP) is 2.81. The van der Waals surface area contributed by atoms with Crippen LogP contribution >= 0.6 is 23.6 Å². The van der Waals surface area contributed by atoms with Gasteiger partial charge >= 0.3 is 11.9 Å². The van der Waals surface area contributed by atoms with Crippen LogP contribution < -0.4 is 5.32 Å². The molecule has 0 spiro atoms. The van der Waals surface area contributed by atoms with E-state index in [-0.39, 0.29) is 18.5 Å². The lowest BCUT2D eigenvalue weighted by molar-refractivity contribution is -0.141. The number of halogens is 1. The summed E-state index contributed by atoms with van der Waals surface area (Å²) in [5.74, 6) is -1.72. The molecule has 1 aromatic heterocycles. The molecular weight excluding hydrogens is 567 g/mol. The van der Waals surface area contributed by atoms with Gasteiger partial charge < -0.3 is 25.0 Å². The standard InChI is InChI=1S/C28H33FN6O4S2/c1-4-39-27(38)22-21(15-33-9-10-35-18(13-33)14-34(28(35)40)12-16(2)26(36)37)31-24(25-30-8-11-41-25)32-23(22)19-6-5-7-20(29)17(19)3/h5-8,11,16,18,23H,4,9-10,12-15H2,1-3H3,(H,31,32)(H,36,37)/t16?,18?,23-/m0/s1. The van der Waals surface area contributed by atoms with Crippen molar-refractivity contribution in [3.05, 3.63) is 63.0 Å². The minimum atomic E-state index is -0.845. The number of hydrogen-bond donors (Lipinski definition) is 2. The number of piperazine rings is 1. The summed E-state index contributed by atoms with van der Waals surface area (Å²) in [6, 6.07) is 4.14. The van der Waals surface area contributed by atoms with Gasteiger partial charge in [-0.15, -0.1) is 11.3 Å². The molecule has 0 amide bonds. The number of fused-ring (bicyclic) bond motifs is 1. The van der Waals surface area contributed by atoms with Crippen LogP contribution in [0.5, 0.6) is 0 Å². The van der Waals surface area contributed by atoms with Gasteiger partial charge in [-0.1, -0.05) is 19.1 Å². The van der Waals surface area contributed by atoms with Crippen molar-refractivity contribution < 1.29 is 23.8 Å². The van der Waals surface area contributed by atoms with Gasteiger partial charge in [-0.2, -0.15) is 0 Å². The van der Waals surface area contributed by atoms with Crippen molar-refractivity contribution in [2.45, 2.75) is 32.9 Å². The Morgan fingerprint density at radius 1 is 1.32 bits per heavy atom. The van der Waals surface area contributed by atoms with Crippen molar-refractivity contribution in [2.75, 3.05) is 45.9 Å². The number of carboxylic acids is 1. The molecule has 2 N–H and O–H groups in total. The molecule has 2 saturated heterocycles. The van der Waals surface area contributed by atoms with Crippen LogP contribution in [0.3, 0.4) is 0 Å². The molecule has 2 unspecified atom stereocenters. The minimum absolute atomic E-state index is 0.0980. The lowest BCUT2D eigenvalue weighted by Gasteiger charge is -2.38. The highest BCUT2D eigenvalue weighted by Gasteiger charge is 2.40.